The van der Waals surface area contributed by atoms with Crippen LogP contribution in [0.3, 0.4) is 0 Å². The largest absolute Gasteiger partial charge is 0.395 e. The van der Waals surface area contributed by atoms with Crippen molar-refractivity contribution in [1.29, 1.82) is 0 Å². The number of aliphatic hydroxyl groups is 1. The number of benzene rings is 1. The van der Waals surface area contributed by atoms with Gasteiger partial charge in [0, 0.05) is 26.7 Å². The zero-order valence-electron chi connectivity index (χ0n) is 14.8. The van der Waals surface area contributed by atoms with Crippen LogP contribution in [0.15, 0.2) is 24.3 Å². The van der Waals surface area contributed by atoms with E-state index in [0.29, 0.717) is 13.1 Å². The lowest BCUT2D eigenvalue weighted by molar-refractivity contribution is 0.190. The summed E-state index contributed by atoms with van der Waals surface area (Å²) in [5.74, 6) is 0. The topological polar surface area (TPSA) is 55.8 Å². The van der Waals surface area contributed by atoms with Gasteiger partial charge in [-0.1, -0.05) is 43.5 Å². The molecule has 2 amide bonds. The van der Waals surface area contributed by atoms with E-state index in [4.69, 9.17) is 5.11 Å². The van der Waals surface area contributed by atoms with Crippen molar-refractivity contribution in [2.24, 2.45) is 0 Å². The van der Waals surface area contributed by atoms with Gasteiger partial charge in [0.1, 0.15) is 0 Å². The molecule has 134 valence electrons. The highest BCUT2D eigenvalue weighted by Crippen LogP contribution is 2.14. The van der Waals surface area contributed by atoms with Crippen molar-refractivity contribution in [3.8, 4) is 0 Å². The Labute approximate surface area is 145 Å². The second-order valence-corrected chi connectivity index (χ2v) is 6.66. The van der Waals surface area contributed by atoms with Crippen LogP contribution in [0, 0.1) is 0 Å². The van der Waals surface area contributed by atoms with Crippen molar-refractivity contribution < 1.29 is 9.90 Å². The van der Waals surface area contributed by atoms with Gasteiger partial charge in [-0.2, -0.15) is 0 Å². The van der Waals surface area contributed by atoms with E-state index in [1.165, 1.54) is 55.7 Å². The van der Waals surface area contributed by atoms with Crippen LogP contribution in [0.4, 0.5) is 4.79 Å². The molecular formula is C19H31N3O2. The molecule has 1 aromatic rings. The third-order valence-corrected chi connectivity index (χ3v) is 4.60. The molecule has 0 aromatic heterocycles. The Morgan fingerprint density at radius 3 is 2.29 bits per heavy atom. The summed E-state index contributed by atoms with van der Waals surface area (Å²) >= 11 is 0. The van der Waals surface area contributed by atoms with Crippen molar-refractivity contribution >= 4 is 6.03 Å². The molecular weight excluding hydrogens is 302 g/mol. The van der Waals surface area contributed by atoms with E-state index < -0.39 is 0 Å². The first-order valence-electron chi connectivity index (χ1n) is 9.09. The number of likely N-dealkylation sites (tertiary alicyclic amines) is 1. The highest BCUT2D eigenvalue weighted by Gasteiger charge is 2.09. The van der Waals surface area contributed by atoms with Gasteiger partial charge in [0.25, 0.3) is 0 Å². The zero-order chi connectivity index (χ0) is 17.2. The van der Waals surface area contributed by atoms with Crippen LogP contribution in [0.2, 0.25) is 0 Å². The molecule has 1 aliphatic heterocycles. The third kappa shape index (κ3) is 6.49. The van der Waals surface area contributed by atoms with Crippen LogP contribution in [-0.4, -0.2) is 54.2 Å². The van der Waals surface area contributed by atoms with E-state index >= 15 is 0 Å². The molecule has 0 spiro atoms. The second-order valence-electron chi connectivity index (χ2n) is 6.66. The van der Waals surface area contributed by atoms with Gasteiger partial charge in [0.15, 0.2) is 0 Å². The maximum absolute atomic E-state index is 11.8. The van der Waals surface area contributed by atoms with Gasteiger partial charge in [-0.15, -0.1) is 0 Å². The van der Waals surface area contributed by atoms with Crippen molar-refractivity contribution in [3.05, 3.63) is 35.4 Å². The number of amides is 2. The normalized spacial score (nSPS) is 16.2. The number of carbonyl (C=O) groups is 1. The van der Waals surface area contributed by atoms with E-state index in [1.54, 1.807) is 7.05 Å². The summed E-state index contributed by atoms with van der Waals surface area (Å²) in [5, 5.41) is 11.7. The SMILES string of the molecule is CN(CCO)C(=O)NCc1ccc(CN2CCCCCCC2)cc1. The minimum Gasteiger partial charge on any atom is -0.395 e. The predicted molar refractivity (Wildman–Crippen MR) is 96.8 cm³/mol. The first-order chi connectivity index (χ1) is 11.7. The van der Waals surface area contributed by atoms with Gasteiger partial charge in [-0.25, -0.2) is 4.79 Å². The summed E-state index contributed by atoms with van der Waals surface area (Å²) in [5.41, 5.74) is 2.43. The van der Waals surface area contributed by atoms with Gasteiger partial charge < -0.3 is 15.3 Å². The molecule has 2 N–H and O–H groups in total. The lowest BCUT2D eigenvalue weighted by Gasteiger charge is -2.24. The fourth-order valence-electron chi connectivity index (χ4n) is 3.06. The summed E-state index contributed by atoms with van der Waals surface area (Å²) in [6, 6.07) is 8.35. The number of hydrogen-bond donors (Lipinski definition) is 2. The molecule has 0 unspecified atom stereocenters. The van der Waals surface area contributed by atoms with E-state index in [0.717, 1.165) is 12.1 Å². The number of aliphatic hydroxyl groups excluding tert-OH is 1. The summed E-state index contributed by atoms with van der Waals surface area (Å²) in [6.45, 7) is 4.27. The summed E-state index contributed by atoms with van der Waals surface area (Å²) < 4.78 is 0. The van der Waals surface area contributed by atoms with Gasteiger partial charge in [0.2, 0.25) is 0 Å². The van der Waals surface area contributed by atoms with E-state index in [9.17, 15) is 4.79 Å². The average molecular weight is 333 g/mol. The fourth-order valence-corrected chi connectivity index (χ4v) is 3.06. The van der Waals surface area contributed by atoms with Crippen molar-refractivity contribution in [1.82, 2.24) is 15.1 Å². The molecule has 1 aromatic carbocycles. The maximum atomic E-state index is 11.8. The van der Waals surface area contributed by atoms with Gasteiger partial charge in [0.05, 0.1) is 6.61 Å². The monoisotopic (exact) mass is 333 g/mol. The minimum atomic E-state index is -0.159. The smallest absolute Gasteiger partial charge is 0.317 e. The number of rotatable bonds is 6. The van der Waals surface area contributed by atoms with Crippen molar-refractivity contribution in [3.63, 3.8) is 0 Å². The van der Waals surface area contributed by atoms with Crippen LogP contribution in [-0.2, 0) is 13.1 Å². The van der Waals surface area contributed by atoms with Crippen LogP contribution in [0.5, 0.6) is 0 Å². The van der Waals surface area contributed by atoms with Gasteiger partial charge in [-0.05, 0) is 37.1 Å². The molecule has 2 rings (SSSR count). The van der Waals surface area contributed by atoms with E-state index in [-0.39, 0.29) is 12.6 Å². The number of carbonyl (C=O) groups excluding carboxylic acids is 1. The quantitative estimate of drug-likeness (QED) is 0.841. The van der Waals surface area contributed by atoms with Crippen LogP contribution in [0.1, 0.15) is 43.2 Å². The number of likely N-dealkylation sites (N-methyl/N-ethyl adjacent to an activating group) is 1. The Hall–Kier alpha value is -1.59. The first-order valence-corrected chi connectivity index (χ1v) is 9.09. The predicted octanol–water partition coefficient (Wildman–Crippen LogP) is 2.59. The molecule has 0 radical (unpaired) electrons. The van der Waals surface area contributed by atoms with Gasteiger partial charge >= 0.3 is 6.03 Å². The third-order valence-electron chi connectivity index (χ3n) is 4.60. The number of urea groups is 1. The lowest BCUT2D eigenvalue weighted by atomic mass is 10.1. The summed E-state index contributed by atoms with van der Waals surface area (Å²) in [7, 11) is 1.68. The zero-order valence-corrected chi connectivity index (χ0v) is 14.8. The highest BCUT2D eigenvalue weighted by molar-refractivity contribution is 5.73. The molecule has 0 bridgehead atoms. The minimum absolute atomic E-state index is 0.0187. The molecule has 1 fully saturated rings. The number of hydrogen-bond acceptors (Lipinski definition) is 3. The molecule has 24 heavy (non-hydrogen) atoms. The number of nitrogens with one attached hydrogen (secondary N) is 1. The molecule has 1 aliphatic rings. The molecule has 1 heterocycles. The fraction of sp³-hybridized carbons (Fsp3) is 0.632. The van der Waals surface area contributed by atoms with Crippen LogP contribution < -0.4 is 5.32 Å². The van der Waals surface area contributed by atoms with Crippen molar-refractivity contribution in [2.75, 3.05) is 33.3 Å². The molecule has 5 heteroatoms. The average Bonchev–Trinajstić information content (AvgIpc) is 2.56. The molecule has 0 saturated carbocycles. The maximum Gasteiger partial charge on any atom is 0.317 e. The Kier molecular flexibility index (Phi) is 8.05. The van der Waals surface area contributed by atoms with Gasteiger partial charge in [-0.3, -0.25) is 4.90 Å². The Bertz CT molecular complexity index is 482. The molecule has 0 aliphatic carbocycles. The Balaban J connectivity index is 1.78. The van der Waals surface area contributed by atoms with Crippen LogP contribution in [0.25, 0.3) is 0 Å². The number of nitrogens with zero attached hydrogens (tertiary/aromatic N) is 2. The molecule has 5 nitrogen and oxygen atoms in total. The van der Waals surface area contributed by atoms with E-state index in [2.05, 4.69) is 34.5 Å². The first kappa shape index (κ1) is 18.7. The molecule has 0 atom stereocenters. The molecule has 1 saturated heterocycles. The van der Waals surface area contributed by atoms with E-state index in [1.807, 2.05) is 0 Å². The Morgan fingerprint density at radius 1 is 1.08 bits per heavy atom. The second kappa shape index (κ2) is 10.3. The highest BCUT2D eigenvalue weighted by atomic mass is 16.3. The van der Waals surface area contributed by atoms with Crippen molar-refractivity contribution in [2.45, 2.75) is 45.2 Å². The summed E-state index contributed by atoms with van der Waals surface area (Å²) in [4.78, 5) is 15.8. The van der Waals surface area contributed by atoms with Crippen LogP contribution >= 0.6 is 0 Å². The lowest BCUT2D eigenvalue weighted by Crippen LogP contribution is -2.38. The Morgan fingerprint density at radius 2 is 1.67 bits per heavy atom. The summed E-state index contributed by atoms with van der Waals surface area (Å²) in [6.07, 6.45) is 6.73. The standard InChI is InChI=1S/C19H31N3O2/c1-21(13-14-23)19(24)20-15-17-7-9-18(10-8-17)16-22-11-5-3-2-4-6-12-22/h7-10,23H,2-6,11-16H2,1H3,(H,20,24).